The van der Waals surface area contributed by atoms with E-state index in [1.165, 1.54) is 25.3 Å². The lowest BCUT2D eigenvalue weighted by Crippen LogP contribution is -2.31. The van der Waals surface area contributed by atoms with Crippen LogP contribution >= 0.6 is 0 Å². The quantitative estimate of drug-likeness (QED) is 0.359. The molecule has 3 N–H and O–H groups in total. The number of nitrogens with two attached hydrogens (primary N) is 1. The Morgan fingerprint density at radius 3 is 2.44 bits per heavy atom. The summed E-state index contributed by atoms with van der Waals surface area (Å²) >= 11 is 0. The van der Waals surface area contributed by atoms with Gasteiger partial charge in [0.2, 0.25) is 5.89 Å². The molecule has 1 atom stereocenters. The summed E-state index contributed by atoms with van der Waals surface area (Å²) < 4.78 is 50.7. The van der Waals surface area contributed by atoms with Crippen LogP contribution in [0.3, 0.4) is 0 Å². The molecule has 0 aliphatic rings. The minimum Gasteiger partial charge on any atom is -0.494 e. The molecular formula is C25H21F3N4O4. The lowest BCUT2D eigenvalue weighted by Gasteiger charge is -2.11. The van der Waals surface area contributed by atoms with Crippen LogP contribution in [0.1, 0.15) is 45.3 Å². The molecule has 36 heavy (non-hydrogen) atoms. The van der Waals surface area contributed by atoms with E-state index >= 15 is 0 Å². The van der Waals surface area contributed by atoms with E-state index in [1.54, 1.807) is 37.3 Å². The second-order valence-electron chi connectivity index (χ2n) is 7.90. The Morgan fingerprint density at radius 2 is 1.81 bits per heavy atom. The molecule has 0 aliphatic heterocycles. The molecule has 2 aromatic heterocycles. The molecule has 1 amide bonds. The molecule has 0 bridgehead atoms. The molecule has 2 heterocycles. The van der Waals surface area contributed by atoms with Crippen LogP contribution in [0.5, 0.6) is 5.75 Å². The maximum absolute atomic E-state index is 13.2. The van der Waals surface area contributed by atoms with Crippen LogP contribution < -0.4 is 15.8 Å². The number of hydrogen-bond acceptors (Lipinski definition) is 7. The summed E-state index contributed by atoms with van der Waals surface area (Å²) in [5.74, 6) is -0.856. The van der Waals surface area contributed by atoms with Crippen LogP contribution in [-0.4, -0.2) is 35.3 Å². The Balaban J connectivity index is 1.71. The zero-order valence-corrected chi connectivity index (χ0v) is 19.2. The number of rotatable bonds is 7. The summed E-state index contributed by atoms with van der Waals surface area (Å²) in [5.41, 5.74) is 5.42. The van der Waals surface area contributed by atoms with Gasteiger partial charge in [0, 0.05) is 16.5 Å². The number of hydrogen-bond donors (Lipinski definition) is 2. The zero-order valence-electron chi connectivity index (χ0n) is 19.2. The van der Waals surface area contributed by atoms with Crippen molar-refractivity contribution in [2.75, 3.05) is 13.7 Å². The van der Waals surface area contributed by atoms with E-state index in [0.717, 1.165) is 6.07 Å². The second-order valence-corrected chi connectivity index (χ2v) is 7.90. The number of alkyl halides is 3. The van der Waals surface area contributed by atoms with E-state index in [0.29, 0.717) is 5.56 Å². The summed E-state index contributed by atoms with van der Waals surface area (Å²) in [6.07, 6.45) is -4.65. The molecule has 0 saturated heterocycles. The van der Waals surface area contributed by atoms with Gasteiger partial charge in [0.25, 0.3) is 5.91 Å². The van der Waals surface area contributed by atoms with Crippen LogP contribution in [0.2, 0.25) is 0 Å². The van der Waals surface area contributed by atoms with Crippen molar-refractivity contribution < 1.29 is 31.9 Å². The van der Waals surface area contributed by atoms with Gasteiger partial charge in [0.15, 0.2) is 17.2 Å². The van der Waals surface area contributed by atoms with Crippen molar-refractivity contribution in [3.63, 3.8) is 0 Å². The van der Waals surface area contributed by atoms with Gasteiger partial charge in [-0.2, -0.15) is 13.2 Å². The van der Waals surface area contributed by atoms with Gasteiger partial charge in [-0.15, -0.1) is 0 Å². The van der Waals surface area contributed by atoms with E-state index in [2.05, 4.69) is 15.3 Å². The third-order valence-electron chi connectivity index (χ3n) is 5.35. The molecule has 8 nitrogen and oxygen atoms in total. The highest BCUT2D eigenvalue weighted by molar-refractivity contribution is 6.02. The number of oxazole rings is 1. The molecule has 0 spiro atoms. The number of benzene rings is 2. The van der Waals surface area contributed by atoms with Gasteiger partial charge in [0.1, 0.15) is 17.0 Å². The van der Waals surface area contributed by atoms with Crippen molar-refractivity contribution in [2.45, 2.75) is 19.1 Å². The Bertz CT molecular complexity index is 1430. The number of pyridine rings is 1. The van der Waals surface area contributed by atoms with Gasteiger partial charge in [-0.05, 0) is 31.2 Å². The van der Waals surface area contributed by atoms with Crippen LogP contribution in [0.25, 0.3) is 22.4 Å². The number of nitrogens with zero attached hydrogens (tertiary/aromatic N) is 2. The number of fused-ring (bicyclic) bond motifs is 1. The largest absolute Gasteiger partial charge is 0.494 e. The Morgan fingerprint density at radius 1 is 1.08 bits per heavy atom. The number of carbonyl (C=O) groups excluding carboxylic acids is 2. The summed E-state index contributed by atoms with van der Waals surface area (Å²) in [7, 11) is 1.31. The lowest BCUT2D eigenvalue weighted by atomic mass is 10.1. The molecule has 2 aromatic carbocycles. The minimum absolute atomic E-state index is 0.0453. The van der Waals surface area contributed by atoms with E-state index in [-0.39, 0.29) is 51.9 Å². The first-order chi connectivity index (χ1) is 17.1. The third-order valence-corrected chi connectivity index (χ3v) is 5.35. The molecule has 11 heteroatoms. The first kappa shape index (κ1) is 24.9. The highest BCUT2D eigenvalue weighted by atomic mass is 19.4. The normalized spacial score (nSPS) is 12.4. The van der Waals surface area contributed by atoms with Crippen molar-refractivity contribution in [2.24, 2.45) is 5.73 Å². The van der Waals surface area contributed by atoms with Gasteiger partial charge >= 0.3 is 6.18 Å². The monoisotopic (exact) mass is 498 g/mol. The highest BCUT2D eigenvalue weighted by Gasteiger charge is 2.33. The fourth-order valence-electron chi connectivity index (χ4n) is 3.59. The SMILES string of the molecule is COc1ccc(-c2nc(C(=O)NCC(=O)c3ccccc3)c([C@H](C)N)o2)c2ccc(C(F)(F)F)nc12. The molecule has 4 aromatic rings. The van der Waals surface area contributed by atoms with E-state index < -0.39 is 23.8 Å². The average Bonchev–Trinajstić information content (AvgIpc) is 3.32. The van der Waals surface area contributed by atoms with Gasteiger partial charge in [0.05, 0.1) is 19.7 Å². The van der Waals surface area contributed by atoms with E-state index in [9.17, 15) is 22.8 Å². The number of aromatic nitrogens is 2. The van der Waals surface area contributed by atoms with Gasteiger partial charge in [-0.25, -0.2) is 9.97 Å². The van der Waals surface area contributed by atoms with Crippen LogP contribution in [0, 0.1) is 0 Å². The number of methoxy groups -OCH3 is 1. The smallest absolute Gasteiger partial charge is 0.433 e. The minimum atomic E-state index is -4.65. The molecule has 0 unspecified atom stereocenters. The van der Waals surface area contributed by atoms with Gasteiger partial charge in [-0.3, -0.25) is 9.59 Å². The molecule has 0 saturated carbocycles. The third kappa shape index (κ3) is 4.91. The number of amides is 1. The molecular weight excluding hydrogens is 477 g/mol. The van der Waals surface area contributed by atoms with Gasteiger partial charge < -0.3 is 20.2 Å². The van der Waals surface area contributed by atoms with E-state index in [1.807, 2.05) is 0 Å². The zero-order chi connectivity index (χ0) is 26.0. The molecule has 0 radical (unpaired) electrons. The summed E-state index contributed by atoms with van der Waals surface area (Å²) in [4.78, 5) is 33.2. The number of ether oxygens (including phenoxy) is 1. The number of carbonyl (C=O) groups is 2. The maximum Gasteiger partial charge on any atom is 0.433 e. The van der Waals surface area contributed by atoms with E-state index in [4.69, 9.17) is 14.9 Å². The Hall–Kier alpha value is -4.25. The highest BCUT2D eigenvalue weighted by Crippen LogP contribution is 2.37. The van der Waals surface area contributed by atoms with Crippen LogP contribution in [-0.2, 0) is 6.18 Å². The number of Topliss-reactive ketones (excluding diaryl/α,β-unsaturated/α-hetero) is 1. The molecule has 0 aliphatic carbocycles. The van der Waals surface area contributed by atoms with Crippen LogP contribution in [0.4, 0.5) is 13.2 Å². The Kier molecular flexibility index (Phi) is 6.75. The van der Waals surface area contributed by atoms with Crippen molar-refractivity contribution in [1.29, 1.82) is 0 Å². The average molecular weight is 498 g/mol. The van der Waals surface area contributed by atoms with Crippen molar-refractivity contribution in [1.82, 2.24) is 15.3 Å². The summed E-state index contributed by atoms with van der Waals surface area (Å²) in [5, 5.41) is 2.78. The first-order valence-corrected chi connectivity index (χ1v) is 10.8. The van der Waals surface area contributed by atoms with Crippen molar-refractivity contribution in [3.05, 3.63) is 77.3 Å². The van der Waals surface area contributed by atoms with Gasteiger partial charge in [-0.1, -0.05) is 30.3 Å². The number of halogens is 3. The second kappa shape index (κ2) is 9.78. The lowest BCUT2D eigenvalue weighted by molar-refractivity contribution is -0.140. The predicted octanol–water partition coefficient (Wildman–Crippen LogP) is 4.55. The standard InChI is InChI=1S/C25H21F3N4O4/c1-13(29)22-21(23(34)30-12-17(33)14-6-4-3-5-7-14)32-24(36-22)16-8-10-18(35-2)20-15(16)9-11-19(31-20)25(26,27)28/h3-11,13H,12,29H2,1-2H3,(H,30,34)/t13-/m0/s1. The van der Waals surface area contributed by atoms with Crippen molar-refractivity contribution in [3.8, 4) is 17.2 Å². The first-order valence-electron chi connectivity index (χ1n) is 10.8. The fraction of sp³-hybridized carbons (Fsp3) is 0.200. The van der Waals surface area contributed by atoms with Crippen molar-refractivity contribution >= 4 is 22.6 Å². The maximum atomic E-state index is 13.2. The predicted molar refractivity (Wildman–Crippen MR) is 125 cm³/mol. The number of nitrogens with one attached hydrogen (secondary N) is 1. The molecule has 186 valence electrons. The Labute approximate surface area is 203 Å². The fourth-order valence-corrected chi connectivity index (χ4v) is 3.59. The number of ketones is 1. The topological polar surface area (TPSA) is 120 Å². The molecule has 4 rings (SSSR count). The molecule has 0 fully saturated rings. The summed E-state index contributed by atoms with van der Waals surface area (Å²) in [6, 6.07) is 12.7. The van der Waals surface area contributed by atoms with Crippen LogP contribution in [0.15, 0.2) is 59.0 Å². The summed E-state index contributed by atoms with van der Waals surface area (Å²) in [6.45, 7) is 1.30.